The number of rotatable bonds is 2. The third-order valence-corrected chi connectivity index (χ3v) is 7.64. The lowest BCUT2D eigenvalue weighted by Gasteiger charge is -2.30. The lowest BCUT2D eigenvalue weighted by atomic mass is 9.85. The van der Waals surface area contributed by atoms with E-state index >= 15 is 0 Å². The van der Waals surface area contributed by atoms with Crippen LogP contribution in [-0.2, 0) is 24.3 Å². The fourth-order valence-electron chi connectivity index (χ4n) is 5.55. The minimum absolute atomic E-state index is 0.00892. The van der Waals surface area contributed by atoms with E-state index in [1.165, 1.54) is 5.56 Å². The molecule has 9 rings (SSSR count). The molecule has 0 radical (unpaired) electrons. The molecular weight excluding hydrogens is 480 g/mol. The predicted octanol–water partition coefficient (Wildman–Crippen LogP) is 4.80. The third kappa shape index (κ3) is 4.86. The summed E-state index contributed by atoms with van der Waals surface area (Å²) in [6.45, 7) is 2.51. The molecule has 0 aliphatic carbocycles. The van der Waals surface area contributed by atoms with Crippen molar-refractivity contribution in [2.24, 2.45) is 0 Å². The van der Waals surface area contributed by atoms with Crippen LogP contribution < -0.4 is 4.74 Å². The monoisotopic (exact) mass is 510 g/mol. The van der Waals surface area contributed by atoms with Crippen LogP contribution in [0, 0.1) is 0 Å². The minimum Gasteiger partial charge on any atom is -0.494 e. The normalized spacial score (nSPS) is 17.9. The Balaban J connectivity index is 1.39. The van der Waals surface area contributed by atoms with Gasteiger partial charge in [0, 0.05) is 31.1 Å². The van der Waals surface area contributed by atoms with Crippen molar-refractivity contribution in [3.8, 4) is 5.75 Å². The van der Waals surface area contributed by atoms with Crippen LogP contribution in [0.2, 0.25) is 0 Å². The molecule has 1 atom stereocenters. The first-order chi connectivity index (χ1) is 18.5. The molecule has 0 spiro atoms. The van der Waals surface area contributed by atoms with E-state index in [2.05, 4.69) is 22.4 Å². The number of carbonyl (C=O) groups excluding carboxylic acids is 1. The lowest BCUT2D eigenvalue weighted by Crippen LogP contribution is -2.36. The Morgan fingerprint density at radius 1 is 0.947 bits per heavy atom. The SMILES string of the molecule is O=C(O)CC1c2ccc3c(c2)CN(CC3)C(=O)c2ccc(cc2)OCCCCCn2nnc3cc1ccc32. The summed E-state index contributed by atoms with van der Waals surface area (Å²) >= 11 is 0. The topological polar surface area (TPSA) is 97.6 Å². The highest BCUT2D eigenvalue weighted by Gasteiger charge is 2.25. The van der Waals surface area contributed by atoms with Gasteiger partial charge in [0.05, 0.1) is 18.5 Å². The van der Waals surface area contributed by atoms with Gasteiger partial charge in [0.15, 0.2) is 0 Å². The van der Waals surface area contributed by atoms with E-state index in [0.29, 0.717) is 25.3 Å². The standard InChI is InChI=1S/C30H30N4O4/c35-29(36)18-26-22-5-4-20-12-14-33(19-24(20)16-22)30(37)21-6-9-25(10-7-21)38-15-3-1-2-13-34-28-11-8-23(26)17-27(28)31-32-34/h4-11,16-17,26H,1-3,12-15,18-19H2,(H,35,36). The summed E-state index contributed by atoms with van der Waals surface area (Å²) in [6, 6.07) is 19.5. The number of hydrogen-bond donors (Lipinski definition) is 1. The molecule has 5 aliphatic rings. The van der Waals surface area contributed by atoms with E-state index in [1.54, 1.807) is 0 Å². The van der Waals surface area contributed by atoms with Crippen molar-refractivity contribution in [3.63, 3.8) is 0 Å². The maximum absolute atomic E-state index is 13.3. The molecule has 38 heavy (non-hydrogen) atoms. The highest BCUT2D eigenvalue weighted by atomic mass is 16.5. The van der Waals surface area contributed by atoms with Gasteiger partial charge < -0.3 is 14.7 Å². The van der Waals surface area contributed by atoms with E-state index in [0.717, 1.165) is 65.7 Å². The number of aryl methyl sites for hydroxylation is 1. The summed E-state index contributed by atoms with van der Waals surface area (Å²) in [5.41, 5.74) is 6.43. The Hall–Kier alpha value is -4.20. The first-order valence-corrected chi connectivity index (χ1v) is 13.2. The van der Waals surface area contributed by atoms with E-state index < -0.39 is 5.97 Å². The number of amides is 1. The molecule has 8 heteroatoms. The molecule has 6 heterocycles. The van der Waals surface area contributed by atoms with Gasteiger partial charge in [0.1, 0.15) is 11.3 Å². The number of carboxylic acid groups (broad SMARTS) is 1. The molecule has 5 aliphatic heterocycles. The van der Waals surface area contributed by atoms with Crippen molar-refractivity contribution >= 4 is 22.9 Å². The van der Waals surface area contributed by atoms with Crippen molar-refractivity contribution in [2.45, 2.75) is 51.1 Å². The molecule has 1 amide bonds. The van der Waals surface area contributed by atoms with Crippen LogP contribution >= 0.6 is 0 Å². The summed E-state index contributed by atoms with van der Waals surface area (Å²) in [6.07, 6.45) is 3.59. The highest BCUT2D eigenvalue weighted by Crippen LogP contribution is 2.33. The first kappa shape index (κ1) is 24.2. The second kappa shape index (κ2) is 10.3. The first-order valence-electron chi connectivity index (χ1n) is 13.2. The number of benzene rings is 3. The van der Waals surface area contributed by atoms with Gasteiger partial charge in [0.25, 0.3) is 5.91 Å². The zero-order valence-electron chi connectivity index (χ0n) is 21.2. The fraction of sp³-hybridized carbons (Fsp3) is 0.333. The van der Waals surface area contributed by atoms with Gasteiger partial charge in [-0.2, -0.15) is 0 Å². The summed E-state index contributed by atoms with van der Waals surface area (Å²) in [7, 11) is 0. The van der Waals surface area contributed by atoms with E-state index in [4.69, 9.17) is 4.74 Å². The molecule has 0 saturated carbocycles. The average Bonchev–Trinajstić information content (AvgIpc) is 3.34. The number of ether oxygens (including phenoxy) is 1. The van der Waals surface area contributed by atoms with Gasteiger partial charge in [-0.1, -0.05) is 29.5 Å². The van der Waals surface area contributed by atoms with E-state index in [-0.39, 0.29) is 18.2 Å². The zero-order valence-corrected chi connectivity index (χ0v) is 21.2. The number of nitrogens with zero attached hydrogens (tertiary/aromatic N) is 4. The number of carboxylic acids is 1. The van der Waals surface area contributed by atoms with Gasteiger partial charge in [0.2, 0.25) is 0 Å². The smallest absolute Gasteiger partial charge is 0.304 e. The third-order valence-electron chi connectivity index (χ3n) is 7.64. The summed E-state index contributed by atoms with van der Waals surface area (Å²) < 4.78 is 7.81. The van der Waals surface area contributed by atoms with Crippen molar-refractivity contribution in [1.29, 1.82) is 0 Å². The molecule has 1 unspecified atom stereocenters. The van der Waals surface area contributed by atoms with E-state index in [1.807, 2.05) is 58.1 Å². The van der Waals surface area contributed by atoms with Crippen LogP contribution in [0.15, 0.2) is 60.7 Å². The Morgan fingerprint density at radius 3 is 2.61 bits per heavy atom. The Morgan fingerprint density at radius 2 is 1.76 bits per heavy atom. The summed E-state index contributed by atoms with van der Waals surface area (Å²) in [5, 5.41) is 18.5. The average molecular weight is 511 g/mol. The van der Waals surface area contributed by atoms with Crippen LogP contribution in [0.25, 0.3) is 11.0 Å². The quantitative estimate of drug-likeness (QED) is 0.416. The predicted molar refractivity (Wildman–Crippen MR) is 142 cm³/mol. The zero-order chi connectivity index (χ0) is 26.1. The van der Waals surface area contributed by atoms with Gasteiger partial charge >= 0.3 is 5.97 Å². The molecule has 8 nitrogen and oxygen atoms in total. The molecule has 9 bridgehead atoms. The van der Waals surface area contributed by atoms with Crippen LogP contribution in [-0.4, -0.2) is 50.0 Å². The Kier molecular flexibility index (Phi) is 6.54. The van der Waals surface area contributed by atoms with Crippen molar-refractivity contribution in [2.75, 3.05) is 13.2 Å². The maximum Gasteiger partial charge on any atom is 0.304 e. The van der Waals surface area contributed by atoms with Crippen molar-refractivity contribution in [1.82, 2.24) is 19.9 Å². The summed E-state index contributed by atoms with van der Waals surface area (Å²) in [5.74, 6) is -0.434. The molecular formula is C30H30N4O4. The van der Waals surface area contributed by atoms with Crippen molar-refractivity contribution < 1.29 is 19.4 Å². The number of hydrogen-bond acceptors (Lipinski definition) is 5. The van der Waals surface area contributed by atoms with Crippen LogP contribution in [0.4, 0.5) is 0 Å². The molecule has 1 aromatic heterocycles. The number of carbonyl (C=O) groups is 2. The maximum atomic E-state index is 13.3. The van der Waals surface area contributed by atoms with Crippen molar-refractivity contribution in [3.05, 3.63) is 88.5 Å². The second-order valence-electron chi connectivity index (χ2n) is 10.1. The van der Waals surface area contributed by atoms with Gasteiger partial charge in [-0.05, 0) is 84.3 Å². The minimum atomic E-state index is -0.859. The van der Waals surface area contributed by atoms with Gasteiger partial charge in [-0.25, -0.2) is 4.68 Å². The highest BCUT2D eigenvalue weighted by molar-refractivity contribution is 5.94. The molecule has 4 aromatic rings. The van der Waals surface area contributed by atoms with Gasteiger partial charge in [-0.15, -0.1) is 5.10 Å². The van der Waals surface area contributed by atoms with Crippen LogP contribution in [0.5, 0.6) is 5.75 Å². The molecule has 3 aromatic carbocycles. The molecule has 0 fully saturated rings. The molecule has 194 valence electrons. The van der Waals surface area contributed by atoms with Gasteiger partial charge in [-0.3, -0.25) is 9.59 Å². The lowest BCUT2D eigenvalue weighted by molar-refractivity contribution is -0.137. The molecule has 0 saturated heterocycles. The Bertz CT molecular complexity index is 1490. The van der Waals surface area contributed by atoms with E-state index in [9.17, 15) is 14.7 Å². The Labute approximate surface area is 220 Å². The van der Waals surface area contributed by atoms with Crippen LogP contribution in [0.3, 0.4) is 0 Å². The van der Waals surface area contributed by atoms with Crippen LogP contribution in [0.1, 0.15) is 64.2 Å². The largest absolute Gasteiger partial charge is 0.494 e. The number of aromatic nitrogens is 3. The fourth-order valence-corrected chi connectivity index (χ4v) is 5.55. The number of aliphatic carboxylic acids is 1. The molecule has 1 N–H and O–H groups in total. The summed E-state index contributed by atoms with van der Waals surface area (Å²) in [4.78, 5) is 27.1. The second-order valence-corrected chi connectivity index (χ2v) is 10.1.